The van der Waals surface area contributed by atoms with E-state index in [1.807, 2.05) is 55.5 Å². The molecule has 3 rings (SSSR count). The lowest BCUT2D eigenvalue weighted by Crippen LogP contribution is -2.27. The Morgan fingerprint density at radius 1 is 1.15 bits per heavy atom. The van der Waals surface area contributed by atoms with Crippen molar-refractivity contribution in [2.75, 3.05) is 12.8 Å². The van der Waals surface area contributed by atoms with Crippen LogP contribution in [0.2, 0.25) is 0 Å². The molecular weight excluding hydrogens is 414 g/mol. The summed E-state index contributed by atoms with van der Waals surface area (Å²) in [5.41, 5.74) is 3.10. The van der Waals surface area contributed by atoms with Gasteiger partial charge >= 0.3 is 0 Å². The fourth-order valence-electron chi connectivity index (χ4n) is 2.28. The maximum absolute atomic E-state index is 12.3. The van der Waals surface area contributed by atoms with Gasteiger partial charge in [-0.05, 0) is 30.7 Å². The van der Waals surface area contributed by atoms with E-state index in [0.717, 1.165) is 15.6 Å². The van der Waals surface area contributed by atoms with Crippen molar-refractivity contribution in [3.05, 3.63) is 64.1 Å². The van der Waals surface area contributed by atoms with Crippen LogP contribution >= 0.6 is 27.7 Å². The molecule has 0 unspecified atom stereocenters. The number of carbonyl (C=O) groups is 1. The van der Waals surface area contributed by atoms with Crippen LogP contribution in [0.25, 0.3) is 11.5 Å². The molecule has 7 heteroatoms. The molecule has 1 aromatic heterocycles. The van der Waals surface area contributed by atoms with Crippen molar-refractivity contribution in [1.82, 2.24) is 15.1 Å². The Bertz CT molecular complexity index is 896. The molecule has 0 saturated heterocycles. The Balaban J connectivity index is 1.56. The number of hydrogen-bond donors (Lipinski definition) is 0. The first-order valence-corrected chi connectivity index (χ1v) is 9.81. The molecule has 3 aromatic rings. The zero-order chi connectivity index (χ0) is 18.5. The van der Waals surface area contributed by atoms with E-state index in [0.29, 0.717) is 17.7 Å². The van der Waals surface area contributed by atoms with Crippen molar-refractivity contribution in [2.24, 2.45) is 0 Å². The minimum atomic E-state index is 0.000777. The van der Waals surface area contributed by atoms with Crippen LogP contribution in [0.1, 0.15) is 11.1 Å². The second-order valence-corrected chi connectivity index (χ2v) is 7.65. The van der Waals surface area contributed by atoms with Crippen molar-refractivity contribution in [2.45, 2.75) is 18.7 Å². The molecule has 0 N–H and O–H groups in total. The number of aryl methyl sites for hydroxylation is 1. The average Bonchev–Trinajstić information content (AvgIpc) is 3.11. The van der Waals surface area contributed by atoms with Crippen LogP contribution in [0, 0.1) is 6.92 Å². The molecule has 26 heavy (non-hydrogen) atoms. The molecule has 0 spiro atoms. The van der Waals surface area contributed by atoms with E-state index in [1.165, 1.54) is 17.3 Å². The average molecular weight is 432 g/mol. The summed E-state index contributed by atoms with van der Waals surface area (Å²) in [5.74, 6) is 0.707. The number of hydrogen-bond acceptors (Lipinski definition) is 5. The lowest BCUT2D eigenvalue weighted by molar-refractivity contribution is -0.127. The van der Waals surface area contributed by atoms with E-state index in [2.05, 4.69) is 26.1 Å². The Kier molecular flexibility index (Phi) is 6.11. The third kappa shape index (κ3) is 4.74. The van der Waals surface area contributed by atoms with Crippen LogP contribution < -0.4 is 0 Å². The SMILES string of the molecule is Cc1ccc(-c2nnc(SCC(=O)N(C)Cc3ccccc3Br)o2)cc1. The summed E-state index contributed by atoms with van der Waals surface area (Å²) < 4.78 is 6.63. The van der Waals surface area contributed by atoms with Crippen LogP contribution in [-0.2, 0) is 11.3 Å². The molecule has 1 amide bonds. The first-order chi connectivity index (χ1) is 12.5. The van der Waals surface area contributed by atoms with Gasteiger partial charge in [0.25, 0.3) is 5.22 Å². The fourth-order valence-corrected chi connectivity index (χ4v) is 3.40. The zero-order valence-electron chi connectivity index (χ0n) is 14.5. The summed E-state index contributed by atoms with van der Waals surface area (Å²) in [7, 11) is 1.79. The number of nitrogens with zero attached hydrogens (tertiary/aromatic N) is 3. The Morgan fingerprint density at radius 3 is 2.62 bits per heavy atom. The summed E-state index contributed by atoms with van der Waals surface area (Å²) in [4.78, 5) is 14.0. The highest BCUT2D eigenvalue weighted by Crippen LogP contribution is 2.24. The lowest BCUT2D eigenvalue weighted by Gasteiger charge is -2.17. The van der Waals surface area contributed by atoms with Crippen molar-refractivity contribution >= 4 is 33.6 Å². The van der Waals surface area contributed by atoms with Crippen LogP contribution in [-0.4, -0.2) is 33.8 Å². The van der Waals surface area contributed by atoms with Gasteiger partial charge in [0, 0.05) is 23.6 Å². The van der Waals surface area contributed by atoms with Gasteiger partial charge in [-0.3, -0.25) is 4.79 Å². The molecule has 0 atom stereocenters. The first kappa shape index (κ1) is 18.7. The summed E-state index contributed by atoms with van der Waals surface area (Å²) in [6, 6.07) is 15.7. The Hall–Kier alpha value is -2.12. The van der Waals surface area contributed by atoms with Crippen molar-refractivity contribution in [3.8, 4) is 11.5 Å². The molecule has 5 nitrogen and oxygen atoms in total. The van der Waals surface area contributed by atoms with Gasteiger partial charge in [-0.25, -0.2) is 0 Å². The normalized spacial score (nSPS) is 10.7. The molecule has 0 aliphatic rings. The van der Waals surface area contributed by atoms with Gasteiger partial charge < -0.3 is 9.32 Å². The smallest absolute Gasteiger partial charge is 0.277 e. The van der Waals surface area contributed by atoms with E-state index in [9.17, 15) is 4.79 Å². The second kappa shape index (κ2) is 8.51. The summed E-state index contributed by atoms with van der Waals surface area (Å²) >= 11 is 4.75. The second-order valence-electron chi connectivity index (χ2n) is 5.87. The van der Waals surface area contributed by atoms with Crippen LogP contribution in [0.3, 0.4) is 0 Å². The zero-order valence-corrected chi connectivity index (χ0v) is 16.9. The van der Waals surface area contributed by atoms with E-state index >= 15 is 0 Å². The number of rotatable bonds is 6. The number of thioether (sulfide) groups is 1. The van der Waals surface area contributed by atoms with Gasteiger partial charge in [0.2, 0.25) is 11.8 Å². The number of amides is 1. The number of benzene rings is 2. The molecule has 0 aliphatic heterocycles. The van der Waals surface area contributed by atoms with Crippen LogP contribution in [0.4, 0.5) is 0 Å². The summed E-state index contributed by atoms with van der Waals surface area (Å²) in [5, 5.41) is 8.45. The lowest BCUT2D eigenvalue weighted by atomic mass is 10.1. The maximum atomic E-state index is 12.3. The first-order valence-electron chi connectivity index (χ1n) is 8.03. The number of halogens is 1. The van der Waals surface area contributed by atoms with E-state index < -0.39 is 0 Å². The number of aromatic nitrogens is 2. The highest BCUT2D eigenvalue weighted by atomic mass is 79.9. The van der Waals surface area contributed by atoms with Gasteiger partial charge in [-0.2, -0.15) is 0 Å². The maximum Gasteiger partial charge on any atom is 0.277 e. The largest absolute Gasteiger partial charge is 0.411 e. The third-order valence-electron chi connectivity index (χ3n) is 3.82. The monoisotopic (exact) mass is 431 g/mol. The van der Waals surface area contributed by atoms with Gasteiger partial charge in [0.15, 0.2) is 0 Å². The predicted molar refractivity (Wildman–Crippen MR) is 106 cm³/mol. The molecule has 0 fully saturated rings. The van der Waals surface area contributed by atoms with Gasteiger partial charge in [0.1, 0.15) is 0 Å². The molecule has 2 aromatic carbocycles. The third-order valence-corrected chi connectivity index (χ3v) is 5.39. The molecule has 0 radical (unpaired) electrons. The fraction of sp³-hybridized carbons (Fsp3) is 0.211. The van der Waals surface area contributed by atoms with E-state index in [-0.39, 0.29) is 11.7 Å². The molecule has 1 heterocycles. The highest BCUT2D eigenvalue weighted by Gasteiger charge is 2.14. The Labute approximate surface area is 164 Å². The quantitative estimate of drug-likeness (QED) is 0.535. The van der Waals surface area contributed by atoms with Crippen molar-refractivity contribution in [3.63, 3.8) is 0 Å². The predicted octanol–water partition coefficient (Wildman–Crippen LogP) is 4.56. The van der Waals surface area contributed by atoms with Crippen LogP contribution in [0.15, 0.2) is 62.6 Å². The topological polar surface area (TPSA) is 59.2 Å². The molecule has 134 valence electrons. The molecule has 0 saturated carbocycles. The minimum Gasteiger partial charge on any atom is -0.411 e. The van der Waals surface area contributed by atoms with Crippen LogP contribution in [0.5, 0.6) is 0 Å². The van der Waals surface area contributed by atoms with Gasteiger partial charge in [-0.15, -0.1) is 10.2 Å². The summed E-state index contributed by atoms with van der Waals surface area (Å²) in [6.45, 7) is 2.56. The van der Waals surface area contributed by atoms with E-state index in [1.54, 1.807) is 11.9 Å². The number of carbonyl (C=O) groups excluding carboxylic acids is 1. The highest BCUT2D eigenvalue weighted by molar-refractivity contribution is 9.10. The molecular formula is C19H18BrN3O2S. The molecule has 0 bridgehead atoms. The van der Waals surface area contributed by atoms with E-state index in [4.69, 9.17) is 4.42 Å². The minimum absolute atomic E-state index is 0.000777. The van der Waals surface area contributed by atoms with Crippen molar-refractivity contribution < 1.29 is 9.21 Å². The summed E-state index contributed by atoms with van der Waals surface area (Å²) in [6.07, 6.45) is 0. The van der Waals surface area contributed by atoms with Crippen molar-refractivity contribution in [1.29, 1.82) is 0 Å². The molecule has 0 aliphatic carbocycles. The van der Waals surface area contributed by atoms with Gasteiger partial charge in [-0.1, -0.05) is 63.6 Å². The van der Waals surface area contributed by atoms with Gasteiger partial charge in [0.05, 0.1) is 5.75 Å². The standard InChI is InChI=1S/C19H18BrN3O2S/c1-13-7-9-14(10-8-13)18-21-22-19(25-18)26-12-17(24)23(2)11-15-5-3-4-6-16(15)20/h3-10H,11-12H2,1-2H3. The Morgan fingerprint density at radius 2 is 1.88 bits per heavy atom.